The van der Waals surface area contributed by atoms with Gasteiger partial charge in [-0.3, -0.25) is 4.79 Å². The molecule has 0 saturated carbocycles. The van der Waals surface area contributed by atoms with E-state index in [0.717, 1.165) is 18.7 Å². The van der Waals surface area contributed by atoms with Crippen molar-refractivity contribution in [1.29, 1.82) is 0 Å². The molecule has 0 bridgehead atoms. The van der Waals surface area contributed by atoms with Gasteiger partial charge in [-0.2, -0.15) is 4.98 Å². The Kier molecular flexibility index (Phi) is 4.39. The minimum absolute atomic E-state index is 0.115. The molecule has 0 N–H and O–H groups in total. The lowest BCUT2D eigenvalue weighted by Gasteiger charge is -2.37. The van der Waals surface area contributed by atoms with Crippen LogP contribution in [0, 0.1) is 6.92 Å². The van der Waals surface area contributed by atoms with Crippen molar-refractivity contribution in [1.82, 2.24) is 20.2 Å². The number of aromatic nitrogens is 3. The number of hydrogen-bond donors (Lipinski definition) is 0. The number of halogens is 1. The number of hydrogen-bond acceptors (Lipinski definition) is 6. The van der Waals surface area contributed by atoms with Gasteiger partial charge >= 0.3 is 0 Å². The summed E-state index contributed by atoms with van der Waals surface area (Å²) < 4.78 is 10.1. The van der Waals surface area contributed by atoms with Crippen LogP contribution in [0.2, 0.25) is 5.15 Å². The number of piperidine rings is 1. The molecule has 1 aliphatic heterocycles. The zero-order valence-corrected chi connectivity index (χ0v) is 14.0. The Balaban J connectivity index is 1.53. The largest absolute Gasteiger partial charge is 0.360 e. The molecule has 124 valence electrons. The molecule has 7 nitrogen and oxygen atoms in total. The van der Waals surface area contributed by atoms with E-state index in [1.54, 1.807) is 13.0 Å². The van der Waals surface area contributed by atoms with Gasteiger partial charge in [-0.05, 0) is 12.8 Å². The van der Waals surface area contributed by atoms with E-state index in [1.165, 1.54) is 0 Å². The van der Waals surface area contributed by atoms with E-state index >= 15 is 0 Å². The smallest absolute Gasteiger partial charge is 0.223 e. The zero-order chi connectivity index (χ0) is 16.4. The molecular weight excluding hydrogens is 320 g/mol. The zero-order valence-electron chi connectivity index (χ0n) is 13.2. The quantitative estimate of drug-likeness (QED) is 0.851. The monoisotopic (exact) mass is 338 g/mol. The summed E-state index contributed by atoms with van der Waals surface area (Å²) in [5.41, 5.74) is -0.132. The van der Waals surface area contributed by atoms with Crippen LogP contribution in [0.15, 0.2) is 15.1 Å². The van der Waals surface area contributed by atoms with Crippen molar-refractivity contribution in [2.24, 2.45) is 0 Å². The fourth-order valence-electron chi connectivity index (χ4n) is 2.81. The third-order valence-corrected chi connectivity index (χ3v) is 4.58. The van der Waals surface area contributed by atoms with Crippen molar-refractivity contribution in [3.05, 3.63) is 28.7 Å². The van der Waals surface area contributed by atoms with Crippen molar-refractivity contribution in [2.75, 3.05) is 13.1 Å². The van der Waals surface area contributed by atoms with Crippen LogP contribution in [0.3, 0.4) is 0 Å². The maximum Gasteiger partial charge on any atom is 0.223 e. The molecule has 0 spiro atoms. The van der Waals surface area contributed by atoms with Crippen molar-refractivity contribution in [3.63, 3.8) is 0 Å². The molecule has 3 rings (SSSR count). The molecule has 0 unspecified atom stereocenters. The summed E-state index contributed by atoms with van der Waals surface area (Å²) >= 11 is 5.70. The fraction of sp³-hybridized carbons (Fsp3) is 0.600. The summed E-state index contributed by atoms with van der Waals surface area (Å²) in [7, 11) is 0. The molecular formula is C15H19ClN4O3. The molecule has 1 amide bonds. The number of carbonyl (C=O) groups is 1. The maximum absolute atomic E-state index is 12.3. The molecule has 1 fully saturated rings. The topological polar surface area (TPSA) is 85.3 Å². The summed E-state index contributed by atoms with van der Waals surface area (Å²) in [6, 6.07) is 1.64. The van der Waals surface area contributed by atoms with E-state index in [-0.39, 0.29) is 11.3 Å². The van der Waals surface area contributed by atoms with Crippen molar-refractivity contribution in [2.45, 2.75) is 44.9 Å². The van der Waals surface area contributed by atoms with E-state index < -0.39 is 0 Å². The number of amides is 1. The predicted molar refractivity (Wildman–Crippen MR) is 82.0 cm³/mol. The molecule has 3 heterocycles. The van der Waals surface area contributed by atoms with Gasteiger partial charge in [-0.25, -0.2) is 0 Å². The standard InChI is InChI=1S/C15H19ClN4O3/c1-10-17-14(19-22-10)15(2)5-7-20(8-6-15)13(21)4-3-11-9-12(16)18-23-11/h9H,3-8H2,1-2H3. The van der Waals surface area contributed by atoms with E-state index in [2.05, 4.69) is 22.2 Å². The van der Waals surface area contributed by atoms with Crippen LogP contribution >= 0.6 is 11.6 Å². The van der Waals surface area contributed by atoms with Gasteiger partial charge in [0.1, 0.15) is 5.76 Å². The van der Waals surface area contributed by atoms with E-state index in [9.17, 15) is 4.79 Å². The summed E-state index contributed by atoms with van der Waals surface area (Å²) in [6.07, 6.45) is 2.55. The number of nitrogens with zero attached hydrogens (tertiary/aromatic N) is 4. The average Bonchev–Trinajstić information content (AvgIpc) is 3.14. The van der Waals surface area contributed by atoms with Gasteiger partial charge in [0, 0.05) is 44.3 Å². The first-order valence-electron chi connectivity index (χ1n) is 7.66. The van der Waals surface area contributed by atoms with Gasteiger partial charge in [-0.1, -0.05) is 28.8 Å². The Hall–Kier alpha value is -1.89. The average molecular weight is 339 g/mol. The molecule has 23 heavy (non-hydrogen) atoms. The molecule has 2 aromatic heterocycles. The van der Waals surface area contributed by atoms with Crippen LogP contribution in [0.5, 0.6) is 0 Å². The molecule has 0 aliphatic carbocycles. The predicted octanol–water partition coefficient (Wildman–Crippen LogP) is 2.53. The second-order valence-electron chi connectivity index (χ2n) is 6.19. The Morgan fingerprint density at radius 2 is 2.09 bits per heavy atom. The molecule has 2 aromatic rings. The van der Waals surface area contributed by atoms with Gasteiger partial charge in [0.05, 0.1) is 0 Å². The van der Waals surface area contributed by atoms with Crippen molar-refractivity contribution in [3.8, 4) is 0 Å². The number of aryl methyl sites for hydroxylation is 2. The minimum Gasteiger partial charge on any atom is -0.360 e. The Morgan fingerprint density at radius 3 is 2.65 bits per heavy atom. The van der Waals surface area contributed by atoms with Crippen LogP contribution in [0.1, 0.15) is 43.7 Å². The van der Waals surface area contributed by atoms with E-state index in [0.29, 0.717) is 42.7 Å². The first-order chi connectivity index (χ1) is 11.0. The third-order valence-electron chi connectivity index (χ3n) is 4.40. The second-order valence-corrected chi connectivity index (χ2v) is 6.58. The van der Waals surface area contributed by atoms with Gasteiger partial charge < -0.3 is 13.9 Å². The maximum atomic E-state index is 12.3. The van der Waals surface area contributed by atoms with Gasteiger partial charge in [0.25, 0.3) is 0 Å². The molecule has 8 heteroatoms. The lowest BCUT2D eigenvalue weighted by Crippen LogP contribution is -2.44. The second kappa shape index (κ2) is 6.31. The molecule has 0 atom stereocenters. The minimum atomic E-state index is -0.132. The number of carbonyl (C=O) groups excluding carboxylic acids is 1. The van der Waals surface area contributed by atoms with E-state index in [4.69, 9.17) is 20.6 Å². The van der Waals surface area contributed by atoms with Gasteiger partial charge in [0.2, 0.25) is 11.8 Å². The van der Waals surface area contributed by atoms with Crippen LogP contribution in [-0.4, -0.2) is 39.2 Å². The van der Waals surface area contributed by atoms with Crippen molar-refractivity contribution < 1.29 is 13.8 Å². The van der Waals surface area contributed by atoms with Crippen LogP contribution in [0.25, 0.3) is 0 Å². The summed E-state index contributed by atoms with van der Waals surface area (Å²) in [5.74, 6) is 2.06. The highest BCUT2D eigenvalue weighted by Gasteiger charge is 2.36. The van der Waals surface area contributed by atoms with Crippen LogP contribution < -0.4 is 0 Å². The number of likely N-dealkylation sites (tertiary alicyclic amines) is 1. The first-order valence-corrected chi connectivity index (χ1v) is 8.04. The summed E-state index contributed by atoms with van der Waals surface area (Å²) in [4.78, 5) is 18.5. The number of rotatable bonds is 4. The van der Waals surface area contributed by atoms with Crippen molar-refractivity contribution >= 4 is 17.5 Å². The Bertz CT molecular complexity index is 688. The summed E-state index contributed by atoms with van der Waals surface area (Å²) in [6.45, 7) is 5.30. The van der Waals surface area contributed by atoms with E-state index in [1.807, 2.05) is 4.90 Å². The first kappa shape index (κ1) is 16.0. The lowest BCUT2D eigenvalue weighted by molar-refractivity contribution is -0.132. The molecule has 0 aromatic carbocycles. The van der Waals surface area contributed by atoms with Gasteiger partial charge in [0.15, 0.2) is 11.0 Å². The fourth-order valence-corrected chi connectivity index (χ4v) is 2.97. The van der Waals surface area contributed by atoms with Crippen LogP contribution in [-0.2, 0) is 16.6 Å². The SMILES string of the molecule is Cc1nc(C2(C)CCN(C(=O)CCc3cc(Cl)no3)CC2)no1. The highest BCUT2D eigenvalue weighted by Crippen LogP contribution is 2.33. The van der Waals surface area contributed by atoms with Gasteiger partial charge in [-0.15, -0.1) is 0 Å². The lowest BCUT2D eigenvalue weighted by atomic mass is 9.79. The normalized spacial score (nSPS) is 17.4. The molecule has 1 saturated heterocycles. The Labute approximate surface area is 139 Å². The van der Waals surface area contributed by atoms with Crippen LogP contribution in [0.4, 0.5) is 0 Å². The highest BCUT2D eigenvalue weighted by atomic mass is 35.5. The molecule has 0 radical (unpaired) electrons. The third kappa shape index (κ3) is 3.55. The summed E-state index contributed by atoms with van der Waals surface area (Å²) in [5, 5.41) is 7.96. The molecule has 1 aliphatic rings. The highest BCUT2D eigenvalue weighted by molar-refractivity contribution is 6.29. The Morgan fingerprint density at radius 1 is 1.35 bits per heavy atom.